The number of nitrogens with one attached hydrogen (secondary N) is 2. The summed E-state index contributed by atoms with van der Waals surface area (Å²) in [6.07, 6.45) is 2.82. The molecule has 1 aliphatic rings. The van der Waals surface area contributed by atoms with Gasteiger partial charge in [-0.25, -0.2) is 13.4 Å². The fraction of sp³-hybridized carbons (Fsp3) is 0.469. The summed E-state index contributed by atoms with van der Waals surface area (Å²) in [5, 5.41) is 5.83. The predicted molar refractivity (Wildman–Crippen MR) is 180 cm³/mol. The summed E-state index contributed by atoms with van der Waals surface area (Å²) in [6.45, 7) is 14.1. The van der Waals surface area contributed by atoms with Gasteiger partial charge in [0.2, 0.25) is 11.9 Å². The number of likely N-dealkylation sites (N-methyl/N-ethyl adjacent to an activating group) is 1. The summed E-state index contributed by atoms with van der Waals surface area (Å²) in [5.74, 6) is 0.414. The Bertz CT molecular complexity index is 1620. The van der Waals surface area contributed by atoms with Crippen LogP contribution in [0.2, 0.25) is 5.02 Å². The van der Waals surface area contributed by atoms with Crippen LogP contribution in [0.1, 0.15) is 55.6 Å². The number of hydrogen-bond acceptors (Lipinski definition) is 10. The van der Waals surface area contributed by atoms with Crippen molar-refractivity contribution in [1.29, 1.82) is 0 Å². The molecular weight excluding hydrogens is 614 g/mol. The van der Waals surface area contributed by atoms with Gasteiger partial charge in [0.25, 0.3) is 0 Å². The van der Waals surface area contributed by atoms with E-state index in [-0.39, 0.29) is 27.8 Å². The van der Waals surface area contributed by atoms with Crippen LogP contribution in [-0.4, -0.2) is 85.2 Å². The van der Waals surface area contributed by atoms with Crippen molar-refractivity contribution in [3.05, 3.63) is 58.2 Å². The number of anilines is 4. The molecule has 0 aliphatic carbocycles. The largest absolute Gasteiger partial charge is 0.489 e. The van der Waals surface area contributed by atoms with Crippen LogP contribution >= 0.6 is 11.6 Å². The first kappa shape index (κ1) is 34.4. The molecule has 4 rings (SSSR count). The summed E-state index contributed by atoms with van der Waals surface area (Å²) in [6, 6.07) is 8.28. The third-order valence-corrected chi connectivity index (χ3v) is 10.3. The molecule has 1 aromatic heterocycles. The number of aromatic nitrogens is 2. The summed E-state index contributed by atoms with van der Waals surface area (Å²) >= 11 is 6.45. The number of amides is 1. The number of nitrogens with zero attached hydrogens (tertiary/aromatic N) is 4. The molecule has 45 heavy (non-hydrogen) atoms. The number of nitrogens with two attached hydrogens (primary N) is 1. The number of piperazine rings is 1. The second-order valence-corrected chi connectivity index (χ2v) is 14.8. The molecule has 2 heterocycles. The van der Waals surface area contributed by atoms with Crippen molar-refractivity contribution in [3.63, 3.8) is 0 Å². The summed E-state index contributed by atoms with van der Waals surface area (Å²) in [5.41, 5.74) is 8.81. The molecule has 0 bridgehead atoms. The van der Waals surface area contributed by atoms with E-state index in [1.54, 1.807) is 44.2 Å². The number of rotatable bonds is 13. The van der Waals surface area contributed by atoms with Crippen molar-refractivity contribution in [2.75, 3.05) is 50.4 Å². The molecule has 0 saturated carbocycles. The Morgan fingerprint density at radius 1 is 1.09 bits per heavy atom. The van der Waals surface area contributed by atoms with Gasteiger partial charge in [-0.2, -0.15) is 4.98 Å². The number of para-hydroxylation sites is 1. The maximum Gasteiger partial charge on any atom is 0.249 e. The molecule has 11 nitrogen and oxygen atoms in total. The Hall–Kier alpha value is -3.45. The van der Waals surface area contributed by atoms with Gasteiger partial charge in [-0.1, -0.05) is 23.7 Å². The lowest BCUT2D eigenvalue weighted by atomic mass is 9.95. The Labute approximate surface area is 271 Å². The molecule has 0 unspecified atom stereocenters. The number of primary amides is 1. The first-order valence-corrected chi connectivity index (χ1v) is 17.1. The first-order chi connectivity index (χ1) is 21.3. The van der Waals surface area contributed by atoms with E-state index in [0.717, 1.165) is 50.3 Å². The highest BCUT2D eigenvalue weighted by atomic mass is 35.5. The number of halogens is 1. The summed E-state index contributed by atoms with van der Waals surface area (Å²) < 4.78 is 32.2. The molecule has 2 aromatic carbocycles. The molecule has 1 amide bonds. The van der Waals surface area contributed by atoms with Crippen LogP contribution in [0.3, 0.4) is 0 Å². The number of hydrogen-bond donors (Lipinski definition) is 3. The fourth-order valence-corrected chi connectivity index (χ4v) is 6.59. The second kappa shape index (κ2) is 14.8. The topological polar surface area (TPSA) is 143 Å². The maximum atomic E-state index is 13.0. The van der Waals surface area contributed by atoms with Gasteiger partial charge in [0.1, 0.15) is 10.8 Å². The normalized spacial score (nSPS) is 14.6. The molecule has 1 aliphatic heterocycles. The maximum absolute atomic E-state index is 13.0. The average Bonchev–Trinajstić information content (AvgIpc) is 2.98. The van der Waals surface area contributed by atoms with Gasteiger partial charge in [-0.3, -0.25) is 4.79 Å². The van der Waals surface area contributed by atoms with Crippen LogP contribution in [-0.2, 0) is 16.3 Å². The molecule has 1 fully saturated rings. The van der Waals surface area contributed by atoms with Crippen LogP contribution < -0.4 is 21.1 Å². The van der Waals surface area contributed by atoms with E-state index in [2.05, 4.69) is 37.4 Å². The third-order valence-electron chi connectivity index (χ3n) is 7.83. The first-order valence-electron chi connectivity index (χ1n) is 15.2. The molecule has 244 valence electrons. The SMILES string of the molecule is Cc1c(CCCN2CCN(C)CC2)c(C(N)=O)cc(Nc2ncc(Cl)c(Nc3ccccc3S(=O)(=O)C(C)C)n2)c1OC(C)C. The third kappa shape index (κ3) is 8.43. The lowest BCUT2D eigenvalue weighted by Gasteiger charge is -2.32. The van der Waals surface area contributed by atoms with Gasteiger partial charge in [0, 0.05) is 31.7 Å². The smallest absolute Gasteiger partial charge is 0.249 e. The van der Waals surface area contributed by atoms with Crippen molar-refractivity contribution >= 4 is 50.5 Å². The Morgan fingerprint density at radius 2 is 1.78 bits per heavy atom. The van der Waals surface area contributed by atoms with Crippen LogP contribution in [0.15, 0.2) is 41.4 Å². The van der Waals surface area contributed by atoms with E-state index in [9.17, 15) is 13.2 Å². The summed E-state index contributed by atoms with van der Waals surface area (Å²) in [4.78, 5) is 26.5. The summed E-state index contributed by atoms with van der Waals surface area (Å²) in [7, 11) is -1.45. The molecule has 1 saturated heterocycles. The van der Waals surface area contributed by atoms with Gasteiger partial charge in [-0.05, 0) is 90.4 Å². The number of carbonyl (C=O) groups is 1. The zero-order chi connectivity index (χ0) is 32.9. The van der Waals surface area contributed by atoms with Crippen molar-refractivity contribution in [2.24, 2.45) is 5.73 Å². The number of ether oxygens (including phenoxy) is 1. The lowest BCUT2D eigenvalue weighted by Crippen LogP contribution is -2.44. The highest BCUT2D eigenvalue weighted by Crippen LogP contribution is 2.37. The van der Waals surface area contributed by atoms with Gasteiger partial charge in [0.05, 0.1) is 33.8 Å². The number of sulfone groups is 1. The van der Waals surface area contributed by atoms with Crippen LogP contribution in [0.5, 0.6) is 5.75 Å². The standard InChI is InChI=1S/C32H44ClN7O4S/c1-20(2)44-29-22(5)23(10-9-13-40-16-14-39(6)15-17-40)24(30(34)41)18-27(29)37-32-35-19-25(33)31(38-32)36-26-11-7-8-12-28(26)45(42,43)21(3)4/h7-8,11-12,18-21H,9-10,13-17H2,1-6H3,(H2,34,41)(H2,35,36,37,38). The van der Waals surface area contributed by atoms with Gasteiger partial charge < -0.3 is 30.9 Å². The minimum absolute atomic E-state index is 0.141. The zero-order valence-corrected chi connectivity index (χ0v) is 28.4. The van der Waals surface area contributed by atoms with Crippen LogP contribution in [0, 0.1) is 6.92 Å². The molecule has 0 atom stereocenters. The highest BCUT2D eigenvalue weighted by molar-refractivity contribution is 7.92. The van der Waals surface area contributed by atoms with Crippen molar-refractivity contribution in [3.8, 4) is 5.75 Å². The van der Waals surface area contributed by atoms with Crippen molar-refractivity contribution < 1.29 is 17.9 Å². The second-order valence-electron chi connectivity index (χ2n) is 11.9. The monoisotopic (exact) mass is 657 g/mol. The highest BCUT2D eigenvalue weighted by Gasteiger charge is 2.24. The Balaban J connectivity index is 1.65. The fourth-order valence-electron chi connectivity index (χ4n) is 5.25. The van der Waals surface area contributed by atoms with E-state index < -0.39 is 21.0 Å². The van der Waals surface area contributed by atoms with E-state index in [1.807, 2.05) is 20.8 Å². The predicted octanol–water partition coefficient (Wildman–Crippen LogP) is 5.17. The van der Waals surface area contributed by atoms with Crippen LogP contribution in [0.4, 0.5) is 23.1 Å². The Kier molecular flexibility index (Phi) is 11.3. The molecular formula is C32H44ClN7O4S. The Morgan fingerprint density at radius 3 is 2.42 bits per heavy atom. The molecule has 0 spiro atoms. The van der Waals surface area contributed by atoms with Crippen molar-refractivity contribution in [2.45, 2.75) is 63.7 Å². The van der Waals surface area contributed by atoms with Crippen molar-refractivity contribution in [1.82, 2.24) is 19.8 Å². The zero-order valence-electron chi connectivity index (χ0n) is 26.9. The number of carbonyl (C=O) groups excluding carboxylic acids is 1. The number of benzene rings is 2. The van der Waals surface area contributed by atoms with E-state index in [0.29, 0.717) is 29.1 Å². The minimum atomic E-state index is -3.58. The van der Waals surface area contributed by atoms with Crippen LogP contribution in [0.25, 0.3) is 0 Å². The quantitative estimate of drug-likeness (QED) is 0.225. The van der Waals surface area contributed by atoms with E-state index in [4.69, 9.17) is 22.1 Å². The van der Waals surface area contributed by atoms with Gasteiger partial charge in [-0.15, -0.1) is 0 Å². The van der Waals surface area contributed by atoms with E-state index in [1.165, 1.54) is 6.20 Å². The van der Waals surface area contributed by atoms with Gasteiger partial charge >= 0.3 is 0 Å². The molecule has 0 radical (unpaired) electrons. The lowest BCUT2D eigenvalue weighted by molar-refractivity contribution is 0.0999. The molecule has 13 heteroatoms. The van der Waals surface area contributed by atoms with Gasteiger partial charge in [0.15, 0.2) is 15.7 Å². The average molecular weight is 658 g/mol. The molecule has 3 aromatic rings. The molecule has 4 N–H and O–H groups in total. The minimum Gasteiger partial charge on any atom is -0.489 e. The van der Waals surface area contributed by atoms with E-state index >= 15 is 0 Å².